The molecule has 0 spiro atoms. The number of ether oxygens (including phenoxy) is 1. The van der Waals surface area contributed by atoms with Crippen molar-refractivity contribution < 1.29 is 9.53 Å². The Morgan fingerprint density at radius 2 is 2.46 bits per heavy atom. The highest BCUT2D eigenvalue weighted by molar-refractivity contribution is 7.10. The molecule has 13 heavy (non-hydrogen) atoms. The Balaban J connectivity index is 2.45. The molecule has 0 amide bonds. The zero-order valence-corrected chi connectivity index (χ0v) is 8.39. The summed E-state index contributed by atoms with van der Waals surface area (Å²) in [7, 11) is 0. The molecular formula is C9H13NO2S. The van der Waals surface area contributed by atoms with E-state index in [2.05, 4.69) is 0 Å². The van der Waals surface area contributed by atoms with Crippen molar-refractivity contribution in [1.82, 2.24) is 0 Å². The molecule has 0 aliphatic carbocycles. The molecule has 0 aromatic carbocycles. The van der Waals surface area contributed by atoms with Crippen molar-refractivity contribution in [2.45, 2.75) is 6.92 Å². The van der Waals surface area contributed by atoms with E-state index >= 15 is 0 Å². The van der Waals surface area contributed by atoms with Gasteiger partial charge >= 0.3 is 0 Å². The van der Waals surface area contributed by atoms with E-state index in [1.54, 1.807) is 11.3 Å². The molecule has 1 aromatic heterocycles. The van der Waals surface area contributed by atoms with Gasteiger partial charge in [0, 0.05) is 17.0 Å². The van der Waals surface area contributed by atoms with Crippen molar-refractivity contribution in [3.63, 3.8) is 0 Å². The van der Waals surface area contributed by atoms with Gasteiger partial charge in [0.15, 0.2) is 5.78 Å². The smallest absolute Gasteiger partial charge is 0.189 e. The molecule has 3 nitrogen and oxygen atoms in total. The number of ketones is 1. The van der Waals surface area contributed by atoms with Gasteiger partial charge in [-0.1, -0.05) is 0 Å². The second kappa shape index (κ2) is 5.11. The molecule has 0 saturated carbocycles. The van der Waals surface area contributed by atoms with Crippen LogP contribution in [0.15, 0.2) is 11.4 Å². The fourth-order valence-corrected chi connectivity index (χ4v) is 1.72. The summed E-state index contributed by atoms with van der Waals surface area (Å²) in [5, 5.41) is 1.91. The summed E-state index contributed by atoms with van der Waals surface area (Å²) < 4.78 is 5.05. The lowest BCUT2D eigenvalue weighted by atomic mass is 10.2. The third kappa shape index (κ3) is 2.91. The van der Waals surface area contributed by atoms with E-state index in [0.29, 0.717) is 13.2 Å². The average Bonchev–Trinajstić information content (AvgIpc) is 2.52. The number of thiophene rings is 1. The summed E-state index contributed by atoms with van der Waals surface area (Å²) in [5.74, 6) is 0.0344. The number of carbonyl (C=O) groups is 1. The zero-order chi connectivity index (χ0) is 9.68. The maximum absolute atomic E-state index is 11.4. The van der Waals surface area contributed by atoms with Gasteiger partial charge in [-0.3, -0.25) is 4.79 Å². The highest BCUT2D eigenvalue weighted by Gasteiger charge is 2.09. The van der Waals surface area contributed by atoms with Gasteiger partial charge in [-0.15, -0.1) is 11.3 Å². The first-order valence-electron chi connectivity index (χ1n) is 4.11. The van der Waals surface area contributed by atoms with Crippen LogP contribution in [0.3, 0.4) is 0 Å². The molecule has 2 N–H and O–H groups in total. The van der Waals surface area contributed by atoms with Crippen LogP contribution in [0, 0.1) is 6.92 Å². The van der Waals surface area contributed by atoms with Gasteiger partial charge in [0.25, 0.3) is 0 Å². The molecule has 4 heteroatoms. The second-order valence-corrected chi connectivity index (χ2v) is 3.78. The molecule has 0 unspecified atom stereocenters. The Bertz CT molecular complexity index is 283. The highest BCUT2D eigenvalue weighted by Crippen LogP contribution is 2.15. The summed E-state index contributed by atoms with van der Waals surface area (Å²) in [5.41, 5.74) is 5.99. The number of rotatable bonds is 5. The van der Waals surface area contributed by atoms with Crippen molar-refractivity contribution in [3.05, 3.63) is 21.9 Å². The van der Waals surface area contributed by atoms with Gasteiger partial charge in [-0.2, -0.15) is 0 Å². The van der Waals surface area contributed by atoms with Crippen LogP contribution in [0.5, 0.6) is 0 Å². The minimum atomic E-state index is 0.0344. The minimum absolute atomic E-state index is 0.0344. The van der Waals surface area contributed by atoms with E-state index in [9.17, 15) is 4.79 Å². The van der Waals surface area contributed by atoms with Gasteiger partial charge in [-0.25, -0.2) is 0 Å². The third-order valence-electron chi connectivity index (χ3n) is 1.65. The molecule has 1 rings (SSSR count). The third-order valence-corrected chi connectivity index (χ3v) is 2.50. The number of nitrogens with two attached hydrogens (primary N) is 1. The van der Waals surface area contributed by atoms with Crippen LogP contribution in [0.25, 0.3) is 0 Å². The SMILES string of the molecule is Cc1sccc1C(=O)COCCN. The standard InChI is InChI=1S/C9H13NO2S/c1-7-8(2-5-13-7)9(11)6-12-4-3-10/h2,5H,3-4,6,10H2,1H3. The molecule has 0 atom stereocenters. The lowest BCUT2D eigenvalue weighted by Crippen LogP contribution is -2.14. The fraction of sp³-hybridized carbons (Fsp3) is 0.444. The first-order chi connectivity index (χ1) is 6.25. The maximum Gasteiger partial charge on any atom is 0.189 e. The van der Waals surface area contributed by atoms with Crippen molar-refractivity contribution >= 4 is 17.1 Å². The van der Waals surface area contributed by atoms with E-state index in [4.69, 9.17) is 10.5 Å². The van der Waals surface area contributed by atoms with Crippen molar-refractivity contribution in [1.29, 1.82) is 0 Å². The van der Waals surface area contributed by atoms with Crippen LogP contribution < -0.4 is 5.73 Å². The van der Waals surface area contributed by atoms with Gasteiger partial charge in [0.2, 0.25) is 0 Å². The Labute approximate surface area is 81.5 Å². The summed E-state index contributed by atoms with van der Waals surface area (Å²) in [6.07, 6.45) is 0. The first-order valence-corrected chi connectivity index (χ1v) is 4.98. The van der Waals surface area contributed by atoms with Crippen LogP contribution >= 0.6 is 11.3 Å². The van der Waals surface area contributed by atoms with Crippen LogP contribution in [-0.4, -0.2) is 25.5 Å². The van der Waals surface area contributed by atoms with Crippen LogP contribution in [0.2, 0.25) is 0 Å². The predicted molar refractivity (Wildman–Crippen MR) is 53.3 cm³/mol. The quantitative estimate of drug-likeness (QED) is 0.573. The van der Waals surface area contributed by atoms with Gasteiger partial charge in [0.1, 0.15) is 6.61 Å². The van der Waals surface area contributed by atoms with Crippen LogP contribution in [-0.2, 0) is 4.74 Å². The van der Waals surface area contributed by atoms with Gasteiger partial charge < -0.3 is 10.5 Å². The van der Waals surface area contributed by atoms with Gasteiger partial charge in [-0.05, 0) is 18.4 Å². The Morgan fingerprint density at radius 3 is 3.00 bits per heavy atom. The molecular weight excluding hydrogens is 186 g/mol. The molecule has 0 aliphatic heterocycles. The summed E-state index contributed by atoms with van der Waals surface area (Å²) in [6, 6.07) is 1.83. The number of aryl methyl sites for hydroxylation is 1. The van der Waals surface area contributed by atoms with E-state index in [-0.39, 0.29) is 12.4 Å². The summed E-state index contributed by atoms with van der Waals surface area (Å²) in [6.45, 7) is 2.96. The molecule has 1 heterocycles. The molecule has 0 saturated heterocycles. The zero-order valence-electron chi connectivity index (χ0n) is 7.58. The van der Waals surface area contributed by atoms with E-state index < -0.39 is 0 Å². The predicted octanol–water partition coefficient (Wildman–Crippen LogP) is 1.21. The monoisotopic (exact) mass is 199 g/mol. The lowest BCUT2D eigenvalue weighted by molar-refractivity contribution is 0.0774. The van der Waals surface area contributed by atoms with E-state index in [1.807, 2.05) is 18.4 Å². The number of carbonyl (C=O) groups excluding carboxylic acids is 1. The topological polar surface area (TPSA) is 52.3 Å². The Morgan fingerprint density at radius 1 is 1.69 bits per heavy atom. The highest BCUT2D eigenvalue weighted by atomic mass is 32.1. The largest absolute Gasteiger partial charge is 0.372 e. The number of hydrogen-bond acceptors (Lipinski definition) is 4. The summed E-state index contributed by atoms with van der Waals surface area (Å²) >= 11 is 1.57. The Hall–Kier alpha value is -0.710. The molecule has 0 radical (unpaired) electrons. The molecule has 0 bridgehead atoms. The summed E-state index contributed by atoms with van der Waals surface area (Å²) in [4.78, 5) is 12.5. The van der Waals surface area contributed by atoms with E-state index in [1.165, 1.54) is 0 Å². The van der Waals surface area contributed by atoms with E-state index in [0.717, 1.165) is 10.4 Å². The van der Waals surface area contributed by atoms with Crippen molar-refractivity contribution in [2.24, 2.45) is 5.73 Å². The average molecular weight is 199 g/mol. The van der Waals surface area contributed by atoms with Crippen LogP contribution in [0.4, 0.5) is 0 Å². The van der Waals surface area contributed by atoms with Crippen molar-refractivity contribution in [2.75, 3.05) is 19.8 Å². The number of hydrogen-bond donors (Lipinski definition) is 1. The molecule has 0 fully saturated rings. The maximum atomic E-state index is 11.4. The van der Waals surface area contributed by atoms with Gasteiger partial charge in [0.05, 0.1) is 6.61 Å². The molecule has 0 aliphatic rings. The normalized spacial score (nSPS) is 10.3. The first kappa shape index (κ1) is 10.4. The molecule has 1 aromatic rings. The van der Waals surface area contributed by atoms with Crippen LogP contribution in [0.1, 0.15) is 15.2 Å². The lowest BCUT2D eigenvalue weighted by Gasteiger charge is -2.00. The Kier molecular flexibility index (Phi) is 4.08. The molecule has 72 valence electrons. The number of Topliss-reactive ketones (excluding diaryl/α,β-unsaturated/α-hetero) is 1. The minimum Gasteiger partial charge on any atom is -0.372 e. The second-order valence-electron chi connectivity index (χ2n) is 2.65. The van der Waals surface area contributed by atoms with Crippen molar-refractivity contribution in [3.8, 4) is 0 Å². The fourth-order valence-electron chi connectivity index (χ4n) is 1.00.